The standard InChI is InChI=1S/C26H27N3O4S/c1-19-7-5-6-10-24(19)29-18-21(17-25(29)30)26(31)28-22-11-13-23(14-12-22)34(32,33)27-16-15-20-8-3-2-4-9-20/h2-14,21,27H,15-18H2,1H3,(H,28,31)/t21-/m0/s1. The van der Waals surface area contributed by atoms with Crippen LogP contribution < -0.4 is 14.9 Å². The highest BCUT2D eigenvalue weighted by atomic mass is 32.2. The SMILES string of the molecule is Cc1ccccc1N1C[C@@H](C(=O)Nc2ccc(S(=O)(=O)NCCc3ccccc3)cc2)CC1=O. The van der Waals surface area contributed by atoms with Gasteiger partial charge in [0, 0.05) is 30.9 Å². The molecule has 0 unspecified atom stereocenters. The summed E-state index contributed by atoms with van der Waals surface area (Å²) < 4.78 is 27.7. The van der Waals surface area contributed by atoms with E-state index in [0.29, 0.717) is 18.7 Å². The van der Waals surface area contributed by atoms with Crippen LogP contribution in [0.3, 0.4) is 0 Å². The predicted octanol–water partition coefficient (Wildman–Crippen LogP) is 3.51. The molecular weight excluding hydrogens is 450 g/mol. The second-order valence-electron chi connectivity index (χ2n) is 8.34. The van der Waals surface area contributed by atoms with E-state index in [9.17, 15) is 18.0 Å². The van der Waals surface area contributed by atoms with Gasteiger partial charge in [0.1, 0.15) is 0 Å². The second-order valence-corrected chi connectivity index (χ2v) is 10.1. The Morgan fingerprint density at radius 2 is 1.65 bits per heavy atom. The Kier molecular flexibility index (Phi) is 7.09. The number of para-hydroxylation sites is 1. The highest BCUT2D eigenvalue weighted by Gasteiger charge is 2.35. The molecule has 0 spiro atoms. The average molecular weight is 478 g/mol. The van der Waals surface area contributed by atoms with E-state index in [1.54, 1.807) is 17.0 Å². The maximum Gasteiger partial charge on any atom is 0.240 e. The highest BCUT2D eigenvalue weighted by Crippen LogP contribution is 2.28. The van der Waals surface area contributed by atoms with Gasteiger partial charge in [-0.3, -0.25) is 9.59 Å². The summed E-state index contributed by atoms with van der Waals surface area (Å²) in [5, 5.41) is 2.80. The third-order valence-corrected chi connectivity index (χ3v) is 7.36. The van der Waals surface area contributed by atoms with E-state index in [0.717, 1.165) is 16.8 Å². The number of hydrogen-bond acceptors (Lipinski definition) is 4. The molecule has 0 aromatic heterocycles. The molecule has 8 heteroatoms. The van der Waals surface area contributed by atoms with Crippen molar-refractivity contribution < 1.29 is 18.0 Å². The Hall–Kier alpha value is -3.49. The molecule has 4 rings (SSSR count). The Morgan fingerprint density at radius 1 is 0.971 bits per heavy atom. The van der Waals surface area contributed by atoms with E-state index in [2.05, 4.69) is 10.0 Å². The summed E-state index contributed by atoms with van der Waals surface area (Å²) in [5.74, 6) is -0.825. The molecular formula is C26H27N3O4S. The van der Waals surface area contributed by atoms with Crippen LogP contribution in [0.1, 0.15) is 17.5 Å². The van der Waals surface area contributed by atoms with Crippen molar-refractivity contribution in [2.75, 3.05) is 23.3 Å². The first kappa shape index (κ1) is 23.7. The molecule has 3 aromatic rings. The van der Waals surface area contributed by atoms with Crippen LogP contribution in [0.5, 0.6) is 0 Å². The van der Waals surface area contributed by atoms with Crippen LogP contribution in [0, 0.1) is 12.8 Å². The number of anilines is 2. The first-order chi connectivity index (χ1) is 16.3. The molecule has 0 bridgehead atoms. The van der Waals surface area contributed by atoms with Crippen LogP contribution in [-0.2, 0) is 26.0 Å². The van der Waals surface area contributed by atoms with Gasteiger partial charge in [-0.1, -0.05) is 48.5 Å². The molecule has 0 radical (unpaired) electrons. The van der Waals surface area contributed by atoms with Crippen molar-refractivity contribution in [2.45, 2.75) is 24.7 Å². The molecule has 1 aliphatic heterocycles. The van der Waals surface area contributed by atoms with Crippen LogP contribution in [0.25, 0.3) is 0 Å². The van der Waals surface area contributed by atoms with Gasteiger partial charge in [0.25, 0.3) is 0 Å². The largest absolute Gasteiger partial charge is 0.326 e. The number of sulfonamides is 1. The van der Waals surface area contributed by atoms with Gasteiger partial charge in [0.05, 0.1) is 10.8 Å². The van der Waals surface area contributed by atoms with Crippen molar-refractivity contribution in [1.82, 2.24) is 4.72 Å². The fourth-order valence-electron chi connectivity index (χ4n) is 4.00. The summed E-state index contributed by atoms with van der Waals surface area (Å²) in [6, 6.07) is 23.3. The Balaban J connectivity index is 1.33. The highest BCUT2D eigenvalue weighted by molar-refractivity contribution is 7.89. The lowest BCUT2D eigenvalue weighted by Crippen LogP contribution is -2.28. The van der Waals surface area contributed by atoms with E-state index < -0.39 is 15.9 Å². The monoisotopic (exact) mass is 477 g/mol. The fourth-order valence-corrected chi connectivity index (χ4v) is 5.03. The van der Waals surface area contributed by atoms with Crippen LogP contribution in [0.15, 0.2) is 83.8 Å². The van der Waals surface area contributed by atoms with Crippen molar-refractivity contribution in [3.8, 4) is 0 Å². The normalized spacial score (nSPS) is 16.0. The number of aryl methyl sites for hydroxylation is 1. The zero-order valence-corrected chi connectivity index (χ0v) is 19.7. The number of carbonyl (C=O) groups is 2. The zero-order chi connectivity index (χ0) is 24.1. The van der Waals surface area contributed by atoms with Gasteiger partial charge >= 0.3 is 0 Å². The van der Waals surface area contributed by atoms with Gasteiger partial charge < -0.3 is 10.2 Å². The van der Waals surface area contributed by atoms with Crippen LogP contribution in [0.4, 0.5) is 11.4 Å². The van der Waals surface area contributed by atoms with E-state index in [-0.39, 0.29) is 29.7 Å². The molecule has 1 saturated heterocycles. The summed E-state index contributed by atoms with van der Waals surface area (Å²) in [5.41, 5.74) is 3.33. The molecule has 7 nitrogen and oxygen atoms in total. The first-order valence-electron chi connectivity index (χ1n) is 11.1. The molecule has 3 aromatic carbocycles. The van der Waals surface area contributed by atoms with Crippen LogP contribution >= 0.6 is 0 Å². The van der Waals surface area contributed by atoms with Crippen molar-refractivity contribution in [2.24, 2.45) is 5.92 Å². The number of nitrogens with zero attached hydrogens (tertiary/aromatic N) is 1. The number of hydrogen-bond donors (Lipinski definition) is 2. The predicted molar refractivity (Wildman–Crippen MR) is 132 cm³/mol. The smallest absolute Gasteiger partial charge is 0.240 e. The lowest BCUT2D eigenvalue weighted by Gasteiger charge is -2.19. The minimum atomic E-state index is -3.65. The topological polar surface area (TPSA) is 95.6 Å². The molecule has 1 aliphatic rings. The summed E-state index contributed by atoms with van der Waals surface area (Å²) in [4.78, 5) is 27.0. The summed E-state index contributed by atoms with van der Waals surface area (Å²) in [6.45, 7) is 2.54. The second kappa shape index (κ2) is 10.2. The van der Waals surface area contributed by atoms with Crippen molar-refractivity contribution in [3.63, 3.8) is 0 Å². The van der Waals surface area contributed by atoms with Crippen molar-refractivity contribution in [3.05, 3.63) is 90.0 Å². The zero-order valence-electron chi connectivity index (χ0n) is 18.9. The summed E-state index contributed by atoms with van der Waals surface area (Å²) in [6.07, 6.45) is 0.728. The molecule has 34 heavy (non-hydrogen) atoms. The summed E-state index contributed by atoms with van der Waals surface area (Å²) >= 11 is 0. The number of benzene rings is 3. The molecule has 1 atom stereocenters. The molecule has 2 N–H and O–H groups in total. The quantitative estimate of drug-likeness (QED) is 0.519. The Labute approximate surface area is 199 Å². The Morgan fingerprint density at radius 3 is 2.35 bits per heavy atom. The average Bonchev–Trinajstić information content (AvgIpc) is 3.22. The summed E-state index contributed by atoms with van der Waals surface area (Å²) in [7, 11) is -3.65. The van der Waals surface area contributed by atoms with Crippen LogP contribution in [0.2, 0.25) is 0 Å². The number of amides is 2. The molecule has 1 fully saturated rings. The van der Waals surface area contributed by atoms with Gasteiger partial charge in [0.2, 0.25) is 21.8 Å². The van der Waals surface area contributed by atoms with E-state index in [1.165, 1.54) is 12.1 Å². The number of rotatable bonds is 8. The van der Waals surface area contributed by atoms with Gasteiger partial charge in [-0.15, -0.1) is 0 Å². The number of nitrogens with one attached hydrogen (secondary N) is 2. The Bertz CT molecular complexity index is 1270. The third-order valence-electron chi connectivity index (χ3n) is 5.88. The fraction of sp³-hybridized carbons (Fsp3) is 0.231. The van der Waals surface area contributed by atoms with Gasteiger partial charge in [-0.25, -0.2) is 13.1 Å². The van der Waals surface area contributed by atoms with Crippen molar-refractivity contribution in [1.29, 1.82) is 0 Å². The van der Waals surface area contributed by atoms with Gasteiger partial charge in [-0.05, 0) is 54.8 Å². The lowest BCUT2D eigenvalue weighted by molar-refractivity contribution is -0.122. The third kappa shape index (κ3) is 5.52. The van der Waals surface area contributed by atoms with E-state index in [4.69, 9.17) is 0 Å². The molecule has 0 aliphatic carbocycles. The first-order valence-corrected chi connectivity index (χ1v) is 12.6. The van der Waals surface area contributed by atoms with Gasteiger partial charge in [-0.2, -0.15) is 0 Å². The van der Waals surface area contributed by atoms with E-state index >= 15 is 0 Å². The molecule has 0 saturated carbocycles. The molecule has 2 amide bonds. The van der Waals surface area contributed by atoms with Crippen molar-refractivity contribution >= 4 is 33.2 Å². The molecule has 176 valence electrons. The molecule has 1 heterocycles. The minimum Gasteiger partial charge on any atom is -0.326 e. The minimum absolute atomic E-state index is 0.0857. The lowest BCUT2D eigenvalue weighted by atomic mass is 10.1. The van der Waals surface area contributed by atoms with Gasteiger partial charge in [0.15, 0.2) is 0 Å². The maximum atomic E-state index is 12.8. The number of carbonyl (C=O) groups excluding carboxylic acids is 2. The van der Waals surface area contributed by atoms with E-state index in [1.807, 2.05) is 61.5 Å². The van der Waals surface area contributed by atoms with Crippen LogP contribution in [-0.4, -0.2) is 33.3 Å². The maximum absolute atomic E-state index is 12.8.